The number of ether oxygens (including phenoxy) is 2. The van der Waals surface area contributed by atoms with Crippen molar-refractivity contribution in [3.8, 4) is 11.8 Å². The maximum Gasteiger partial charge on any atom is 0.355 e. The van der Waals surface area contributed by atoms with Crippen LogP contribution in [0.15, 0.2) is 46.9 Å². The van der Waals surface area contributed by atoms with Crippen LogP contribution in [0.3, 0.4) is 0 Å². The zero-order valence-electron chi connectivity index (χ0n) is 12.5. The second-order valence-electron chi connectivity index (χ2n) is 5.21. The Hall–Kier alpha value is -2.32. The number of nitriles is 1. The SMILES string of the molecule is CCOC(=O)[C@@]1(c2ccccc2)Cc2c(ccc(C#N)c2Br)O1. The van der Waals surface area contributed by atoms with E-state index in [1.54, 1.807) is 19.1 Å². The molecular weight excluding hydrogens is 358 g/mol. The molecule has 23 heavy (non-hydrogen) atoms. The number of rotatable bonds is 3. The summed E-state index contributed by atoms with van der Waals surface area (Å²) in [5.41, 5.74) is 0.844. The van der Waals surface area contributed by atoms with E-state index in [0.29, 0.717) is 22.2 Å². The minimum absolute atomic E-state index is 0.276. The number of benzene rings is 2. The summed E-state index contributed by atoms with van der Waals surface area (Å²) in [5.74, 6) is 0.167. The van der Waals surface area contributed by atoms with Crippen molar-refractivity contribution in [2.24, 2.45) is 0 Å². The van der Waals surface area contributed by atoms with Crippen LogP contribution in [0.4, 0.5) is 0 Å². The smallest absolute Gasteiger partial charge is 0.355 e. The number of carbonyl (C=O) groups excluding carboxylic acids is 1. The predicted octanol–water partition coefficient (Wildman–Crippen LogP) is 3.71. The van der Waals surface area contributed by atoms with E-state index in [-0.39, 0.29) is 6.61 Å². The van der Waals surface area contributed by atoms with E-state index in [9.17, 15) is 10.1 Å². The Bertz CT molecular complexity index is 798. The van der Waals surface area contributed by atoms with Crippen LogP contribution >= 0.6 is 15.9 Å². The fraction of sp³-hybridized carbons (Fsp3) is 0.222. The summed E-state index contributed by atoms with van der Waals surface area (Å²) in [5, 5.41) is 9.18. The molecule has 2 aromatic carbocycles. The summed E-state index contributed by atoms with van der Waals surface area (Å²) in [6.45, 7) is 2.04. The molecule has 0 aromatic heterocycles. The van der Waals surface area contributed by atoms with Crippen molar-refractivity contribution in [1.82, 2.24) is 0 Å². The van der Waals surface area contributed by atoms with Crippen LogP contribution in [0, 0.1) is 11.3 Å². The van der Waals surface area contributed by atoms with Gasteiger partial charge in [0.05, 0.1) is 12.2 Å². The molecule has 1 aliphatic rings. The second-order valence-corrected chi connectivity index (χ2v) is 6.00. The maximum absolute atomic E-state index is 12.7. The molecule has 0 aliphatic carbocycles. The molecule has 1 atom stereocenters. The van der Waals surface area contributed by atoms with E-state index in [4.69, 9.17) is 9.47 Å². The van der Waals surface area contributed by atoms with Crippen LogP contribution < -0.4 is 4.74 Å². The molecule has 0 saturated carbocycles. The number of hydrogen-bond donors (Lipinski definition) is 0. The average Bonchev–Trinajstić information content (AvgIpc) is 2.98. The molecule has 0 bridgehead atoms. The lowest BCUT2D eigenvalue weighted by Crippen LogP contribution is -2.42. The van der Waals surface area contributed by atoms with Crippen LogP contribution in [0.5, 0.6) is 5.75 Å². The van der Waals surface area contributed by atoms with Crippen LogP contribution in [-0.2, 0) is 21.6 Å². The van der Waals surface area contributed by atoms with Gasteiger partial charge in [0.25, 0.3) is 0 Å². The highest BCUT2D eigenvalue weighted by Crippen LogP contribution is 2.46. The van der Waals surface area contributed by atoms with Crippen molar-refractivity contribution < 1.29 is 14.3 Å². The van der Waals surface area contributed by atoms with Gasteiger partial charge >= 0.3 is 5.97 Å². The van der Waals surface area contributed by atoms with Crippen molar-refractivity contribution in [2.45, 2.75) is 18.9 Å². The van der Waals surface area contributed by atoms with Crippen LogP contribution in [0.25, 0.3) is 0 Å². The normalized spacial score (nSPS) is 18.7. The molecule has 2 aromatic rings. The van der Waals surface area contributed by atoms with Crippen LogP contribution in [-0.4, -0.2) is 12.6 Å². The van der Waals surface area contributed by atoms with E-state index in [2.05, 4.69) is 22.0 Å². The van der Waals surface area contributed by atoms with Gasteiger partial charge in [-0.05, 0) is 35.0 Å². The van der Waals surface area contributed by atoms with Gasteiger partial charge in [-0.1, -0.05) is 30.3 Å². The fourth-order valence-corrected chi connectivity index (χ4v) is 3.33. The molecule has 0 spiro atoms. The first kappa shape index (κ1) is 15.6. The number of esters is 1. The molecule has 0 fully saturated rings. The van der Waals surface area contributed by atoms with Crippen molar-refractivity contribution >= 4 is 21.9 Å². The van der Waals surface area contributed by atoms with Crippen molar-refractivity contribution in [3.05, 3.63) is 63.6 Å². The van der Waals surface area contributed by atoms with Gasteiger partial charge in [-0.25, -0.2) is 4.79 Å². The zero-order chi connectivity index (χ0) is 16.4. The monoisotopic (exact) mass is 371 g/mol. The van der Waals surface area contributed by atoms with E-state index in [0.717, 1.165) is 11.1 Å². The third-order valence-corrected chi connectivity index (χ3v) is 4.78. The summed E-state index contributed by atoms with van der Waals surface area (Å²) in [7, 11) is 0. The summed E-state index contributed by atoms with van der Waals surface area (Å²) in [4.78, 5) is 12.7. The third-order valence-electron chi connectivity index (χ3n) is 3.88. The van der Waals surface area contributed by atoms with Crippen molar-refractivity contribution in [3.63, 3.8) is 0 Å². The topological polar surface area (TPSA) is 59.3 Å². The molecule has 1 aliphatic heterocycles. The summed E-state index contributed by atoms with van der Waals surface area (Å²) in [6.07, 6.45) is 0.321. The van der Waals surface area contributed by atoms with E-state index in [1.165, 1.54) is 0 Å². The Morgan fingerprint density at radius 1 is 1.35 bits per heavy atom. The molecule has 5 heteroatoms. The first-order valence-electron chi connectivity index (χ1n) is 7.25. The third kappa shape index (κ3) is 2.49. The molecule has 0 radical (unpaired) electrons. The highest BCUT2D eigenvalue weighted by atomic mass is 79.9. The lowest BCUT2D eigenvalue weighted by Gasteiger charge is -2.26. The molecule has 0 unspecified atom stereocenters. The maximum atomic E-state index is 12.7. The number of nitrogens with zero attached hydrogens (tertiary/aromatic N) is 1. The highest BCUT2D eigenvalue weighted by molar-refractivity contribution is 9.10. The van der Waals surface area contributed by atoms with Crippen LogP contribution in [0.1, 0.15) is 23.6 Å². The number of fused-ring (bicyclic) bond motifs is 1. The molecule has 3 rings (SSSR count). The Morgan fingerprint density at radius 3 is 2.74 bits per heavy atom. The molecule has 0 saturated heterocycles. The molecule has 4 nitrogen and oxygen atoms in total. The Balaban J connectivity index is 2.12. The van der Waals surface area contributed by atoms with Crippen molar-refractivity contribution in [2.75, 3.05) is 6.61 Å². The van der Waals surface area contributed by atoms with Gasteiger partial charge in [0.1, 0.15) is 11.8 Å². The summed E-state index contributed by atoms with van der Waals surface area (Å²) >= 11 is 3.45. The first-order valence-corrected chi connectivity index (χ1v) is 8.05. The van der Waals surface area contributed by atoms with Gasteiger partial charge in [-0.15, -0.1) is 0 Å². The Kier molecular flexibility index (Phi) is 4.10. The summed E-state index contributed by atoms with van der Waals surface area (Å²) in [6, 6.07) is 14.8. The minimum atomic E-state index is -1.21. The van der Waals surface area contributed by atoms with Gasteiger partial charge in [0.2, 0.25) is 5.60 Å². The minimum Gasteiger partial charge on any atom is -0.470 e. The molecule has 0 amide bonds. The predicted molar refractivity (Wildman–Crippen MR) is 87.9 cm³/mol. The highest BCUT2D eigenvalue weighted by Gasteiger charge is 2.50. The van der Waals surface area contributed by atoms with E-state index >= 15 is 0 Å². The number of hydrogen-bond acceptors (Lipinski definition) is 4. The Morgan fingerprint density at radius 2 is 2.09 bits per heavy atom. The molecule has 116 valence electrons. The molecule has 0 N–H and O–H groups in total. The van der Waals surface area contributed by atoms with Gasteiger partial charge in [0.15, 0.2) is 0 Å². The van der Waals surface area contributed by atoms with Gasteiger partial charge < -0.3 is 9.47 Å². The molecule has 1 heterocycles. The number of carbonyl (C=O) groups is 1. The van der Waals surface area contributed by atoms with Gasteiger partial charge in [-0.3, -0.25) is 0 Å². The van der Waals surface area contributed by atoms with Gasteiger partial charge in [0, 0.05) is 22.0 Å². The lowest BCUT2D eigenvalue weighted by molar-refractivity contribution is -0.161. The fourth-order valence-electron chi connectivity index (χ4n) is 2.77. The lowest BCUT2D eigenvalue weighted by atomic mass is 9.89. The first-order chi connectivity index (χ1) is 11.1. The van der Waals surface area contributed by atoms with E-state index in [1.807, 2.05) is 30.3 Å². The summed E-state index contributed by atoms with van der Waals surface area (Å²) < 4.78 is 12.0. The quantitative estimate of drug-likeness (QED) is 0.771. The van der Waals surface area contributed by atoms with Crippen molar-refractivity contribution in [1.29, 1.82) is 5.26 Å². The van der Waals surface area contributed by atoms with Crippen LogP contribution in [0.2, 0.25) is 0 Å². The average molecular weight is 372 g/mol. The second kappa shape index (κ2) is 6.05. The molecular formula is C18H14BrNO3. The van der Waals surface area contributed by atoms with E-state index < -0.39 is 11.6 Å². The zero-order valence-corrected chi connectivity index (χ0v) is 14.1. The number of halogens is 1. The standard InChI is InChI=1S/C18H14BrNO3/c1-2-22-17(21)18(13-6-4-3-5-7-13)10-14-15(23-18)9-8-12(11-20)16(14)19/h3-9H,2,10H2,1H3/t18-/m0/s1. The van der Waals surface area contributed by atoms with Gasteiger partial charge in [-0.2, -0.15) is 5.26 Å². The largest absolute Gasteiger partial charge is 0.470 e. The Labute approximate surface area is 142 Å².